The molecule has 0 spiro atoms. The van der Waals surface area contributed by atoms with Crippen LogP contribution in [0.25, 0.3) is 0 Å². The van der Waals surface area contributed by atoms with E-state index in [9.17, 15) is 17.2 Å². The average Bonchev–Trinajstić information content (AvgIpc) is 2.61. The lowest BCUT2D eigenvalue weighted by Gasteiger charge is -2.28. The van der Waals surface area contributed by atoms with E-state index in [2.05, 4.69) is 14.7 Å². The van der Waals surface area contributed by atoms with Gasteiger partial charge in [0.2, 0.25) is 10.0 Å². The van der Waals surface area contributed by atoms with Crippen molar-refractivity contribution in [1.82, 2.24) is 14.7 Å². The molecule has 1 fully saturated rings. The zero-order valence-electron chi connectivity index (χ0n) is 13.5. The molecule has 26 heavy (non-hydrogen) atoms. The van der Waals surface area contributed by atoms with E-state index in [4.69, 9.17) is 16.3 Å². The van der Waals surface area contributed by atoms with Gasteiger partial charge in [-0.3, -0.25) is 0 Å². The number of ether oxygens (including phenoxy) is 1. The summed E-state index contributed by atoms with van der Waals surface area (Å²) in [5.74, 6) is -2.29. The maximum atomic E-state index is 13.3. The Morgan fingerprint density at radius 1 is 1.08 bits per heavy atom. The number of benzene rings is 1. The van der Waals surface area contributed by atoms with Gasteiger partial charge in [-0.2, -0.15) is 0 Å². The van der Waals surface area contributed by atoms with Crippen molar-refractivity contribution in [3.05, 3.63) is 47.2 Å². The summed E-state index contributed by atoms with van der Waals surface area (Å²) >= 11 is 5.71. The zero-order chi connectivity index (χ0) is 18.7. The second-order valence-electron chi connectivity index (χ2n) is 5.97. The van der Waals surface area contributed by atoms with Gasteiger partial charge in [-0.25, -0.2) is 31.9 Å². The SMILES string of the molecule is O=S(=O)(NC1CCC(Oc2ncc(Cl)cn2)CC1)c1ccc(F)c(F)c1. The van der Waals surface area contributed by atoms with Gasteiger partial charge in [0.15, 0.2) is 11.6 Å². The van der Waals surface area contributed by atoms with Gasteiger partial charge in [0.1, 0.15) is 6.10 Å². The first-order valence-electron chi connectivity index (χ1n) is 7.95. The van der Waals surface area contributed by atoms with Crippen LogP contribution in [0.2, 0.25) is 5.02 Å². The van der Waals surface area contributed by atoms with Crippen LogP contribution in [0.3, 0.4) is 0 Å². The molecule has 0 atom stereocenters. The molecule has 0 radical (unpaired) electrons. The summed E-state index contributed by atoms with van der Waals surface area (Å²) in [6.07, 6.45) is 5.05. The van der Waals surface area contributed by atoms with E-state index in [1.165, 1.54) is 12.4 Å². The fraction of sp³-hybridized carbons (Fsp3) is 0.375. The third-order valence-electron chi connectivity index (χ3n) is 4.07. The molecular formula is C16H16ClF2N3O3S. The second-order valence-corrected chi connectivity index (χ2v) is 8.12. The average molecular weight is 404 g/mol. The zero-order valence-corrected chi connectivity index (χ0v) is 15.1. The number of aromatic nitrogens is 2. The van der Waals surface area contributed by atoms with Crippen molar-refractivity contribution in [3.63, 3.8) is 0 Å². The lowest BCUT2D eigenvalue weighted by atomic mass is 9.94. The Hall–Kier alpha value is -1.84. The Morgan fingerprint density at radius 3 is 2.35 bits per heavy atom. The fourth-order valence-corrected chi connectivity index (χ4v) is 4.15. The van der Waals surface area contributed by atoms with Gasteiger partial charge in [-0.05, 0) is 43.9 Å². The second kappa shape index (κ2) is 7.81. The Kier molecular flexibility index (Phi) is 5.69. The summed E-state index contributed by atoms with van der Waals surface area (Å²) < 4.78 is 59.0. The molecule has 10 heteroatoms. The summed E-state index contributed by atoms with van der Waals surface area (Å²) in [6, 6.07) is 2.41. The summed E-state index contributed by atoms with van der Waals surface area (Å²) in [5, 5.41) is 0.410. The lowest BCUT2D eigenvalue weighted by Crippen LogP contribution is -2.39. The first-order chi connectivity index (χ1) is 12.3. The maximum Gasteiger partial charge on any atom is 0.316 e. The molecule has 3 rings (SSSR count). The van der Waals surface area contributed by atoms with Crippen LogP contribution in [-0.4, -0.2) is 30.5 Å². The van der Waals surface area contributed by atoms with Crippen LogP contribution in [0.15, 0.2) is 35.5 Å². The summed E-state index contributed by atoms with van der Waals surface area (Å²) in [5.41, 5.74) is 0. The topological polar surface area (TPSA) is 81.2 Å². The van der Waals surface area contributed by atoms with E-state index >= 15 is 0 Å². The smallest absolute Gasteiger partial charge is 0.316 e. The van der Waals surface area contributed by atoms with Gasteiger partial charge in [0, 0.05) is 6.04 Å². The van der Waals surface area contributed by atoms with E-state index in [1.54, 1.807) is 0 Å². The number of hydrogen-bond acceptors (Lipinski definition) is 5. The number of hydrogen-bond donors (Lipinski definition) is 1. The highest BCUT2D eigenvalue weighted by molar-refractivity contribution is 7.89. The van der Waals surface area contributed by atoms with Gasteiger partial charge in [0.25, 0.3) is 0 Å². The molecule has 140 valence electrons. The molecule has 1 aliphatic carbocycles. The molecule has 0 bridgehead atoms. The molecule has 1 N–H and O–H groups in total. The number of nitrogens with zero attached hydrogens (tertiary/aromatic N) is 2. The largest absolute Gasteiger partial charge is 0.460 e. The number of nitrogens with one attached hydrogen (secondary N) is 1. The van der Waals surface area contributed by atoms with Gasteiger partial charge in [-0.1, -0.05) is 11.6 Å². The van der Waals surface area contributed by atoms with Crippen molar-refractivity contribution >= 4 is 21.6 Å². The Labute approximate surface area is 154 Å². The van der Waals surface area contributed by atoms with Crippen LogP contribution in [0.4, 0.5) is 8.78 Å². The molecule has 1 saturated carbocycles. The predicted octanol–water partition coefficient (Wildman–Crippen LogP) is 3.08. The van der Waals surface area contributed by atoms with Crippen molar-refractivity contribution in [2.24, 2.45) is 0 Å². The molecule has 1 heterocycles. The van der Waals surface area contributed by atoms with E-state index in [1.807, 2.05) is 0 Å². The van der Waals surface area contributed by atoms with Crippen LogP contribution in [-0.2, 0) is 10.0 Å². The minimum atomic E-state index is -3.92. The number of rotatable bonds is 5. The molecule has 1 aromatic carbocycles. The van der Waals surface area contributed by atoms with Gasteiger partial charge >= 0.3 is 6.01 Å². The Bertz CT molecular complexity index is 873. The number of halogens is 3. The molecule has 0 amide bonds. The lowest BCUT2D eigenvalue weighted by molar-refractivity contribution is 0.132. The molecule has 6 nitrogen and oxygen atoms in total. The standard InChI is InChI=1S/C16H16ClF2N3O3S/c17-10-8-20-16(21-9-10)25-12-3-1-11(2-4-12)22-26(23,24)13-5-6-14(18)15(19)7-13/h5-9,11-12,22H,1-4H2. The van der Waals surface area contributed by atoms with Crippen molar-refractivity contribution in [3.8, 4) is 6.01 Å². The first kappa shape index (κ1) is 18.9. The van der Waals surface area contributed by atoms with Crippen LogP contribution >= 0.6 is 11.6 Å². The van der Waals surface area contributed by atoms with E-state index in [-0.39, 0.29) is 23.1 Å². The monoisotopic (exact) mass is 403 g/mol. The summed E-state index contributed by atoms with van der Waals surface area (Å²) in [4.78, 5) is 7.62. The van der Waals surface area contributed by atoms with Crippen LogP contribution in [0.1, 0.15) is 25.7 Å². The molecule has 0 unspecified atom stereocenters. The maximum absolute atomic E-state index is 13.3. The molecule has 0 aliphatic heterocycles. The molecule has 1 aliphatic rings. The van der Waals surface area contributed by atoms with Crippen molar-refractivity contribution < 1.29 is 21.9 Å². The molecule has 1 aromatic heterocycles. The minimum absolute atomic E-state index is 0.125. The Morgan fingerprint density at radius 2 is 1.73 bits per heavy atom. The van der Waals surface area contributed by atoms with Crippen molar-refractivity contribution in [2.45, 2.75) is 42.7 Å². The molecular weight excluding hydrogens is 388 g/mol. The highest BCUT2D eigenvalue weighted by Gasteiger charge is 2.27. The number of sulfonamides is 1. The van der Waals surface area contributed by atoms with Crippen LogP contribution in [0.5, 0.6) is 6.01 Å². The van der Waals surface area contributed by atoms with E-state index in [0.717, 1.165) is 12.1 Å². The van der Waals surface area contributed by atoms with Crippen LogP contribution in [0, 0.1) is 11.6 Å². The minimum Gasteiger partial charge on any atom is -0.460 e. The Balaban J connectivity index is 1.56. The van der Waals surface area contributed by atoms with Crippen molar-refractivity contribution in [2.75, 3.05) is 0 Å². The normalized spacial score (nSPS) is 20.7. The quantitative estimate of drug-likeness (QED) is 0.829. The summed E-state index contributed by atoms with van der Waals surface area (Å²) in [6.45, 7) is 0. The summed E-state index contributed by atoms with van der Waals surface area (Å²) in [7, 11) is -3.92. The molecule has 0 saturated heterocycles. The van der Waals surface area contributed by atoms with E-state index in [0.29, 0.717) is 36.8 Å². The van der Waals surface area contributed by atoms with Crippen molar-refractivity contribution in [1.29, 1.82) is 0 Å². The predicted molar refractivity (Wildman–Crippen MR) is 90.4 cm³/mol. The fourth-order valence-electron chi connectivity index (χ4n) is 2.74. The first-order valence-corrected chi connectivity index (χ1v) is 9.81. The molecule has 2 aromatic rings. The third kappa shape index (κ3) is 4.66. The van der Waals surface area contributed by atoms with E-state index < -0.39 is 21.7 Å². The third-order valence-corrected chi connectivity index (χ3v) is 5.78. The highest BCUT2D eigenvalue weighted by atomic mass is 35.5. The van der Waals surface area contributed by atoms with Gasteiger partial charge in [0.05, 0.1) is 22.3 Å². The van der Waals surface area contributed by atoms with Crippen LogP contribution < -0.4 is 9.46 Å². The highest BCUT2D eigenvalue weighted by Crippen LogP contribution is 2.24. The van der Waals surface area contributed by atoms with Gasteiger partial charge in [-0.15, -0.1) is 0 Å². The van der Waals surface area contributed by atoms with Gasteiger partial charge < -0.3 is 4.74 Å².